The molecule has 5 nitrogen and oxygen atoms in total. The first kappa shape index (κ1) is 16.2. The second kappa shape index (κ2) is 6.43. The Morgan fingerprint density at radius 3 is 2.25 bits per heavy atom. The molecule has 0 atom stereocenters. The van der Waals surface area contributed by atoms with Crippen LogP contribution in [0.25, 0.3) is 28.6 Å². The molecule has 2 N–H and O–H groups in total. The van der Waals surface area contributed by atoms with Gasteiger partial charge in [-0.1, -0.05) is 48.5 Å². The van der Waals surface area contributed by atoms with Gasteiger partial charge in [0.2, 0.25) is 10.0 Å². The lowest BCUT2D eigenvalue weighted by Gasteiger charge is -2.04. The van der Waals surface area contributed by atoms with E-state index in [1.54, 1.807) is 16.8 Å². The van der Waals surface area contributed by atoms with E-state index >= 15 is 0 Å². The fourth-order valence-corrected chi connectivity index (χ4v) is 2.98. The number of hydrogen-bond donors (Lipinski definition) is 1. The number of rotatable bonds is 4. The average Bonchev–Trinajstić information content (AvgIpc) is 2.99. The van der Waals surface area contributed by atoms with E-state index < -0.39 is 10.0 Å². The summed E-state index contributed by atoms with van der Waals surface area (Å²) >= 11 is 0. The van der Waals surface area contributed by atoms with Gasteiger partial charge in [0, 0.05) is 23.5 Å². The normalized spacial score (nSPS) is 11.9. The molecule has 0 aliphatic rings. The maximum Gasteiger partial charge on any atom is 0.238 e. The molecule has 0 fully saturated rings. The molecule has 3 rings (SSSR count). The topological polar surface area (TPSA) is 78.0 Å². The van der Waals surface area contributed by atoms with Crippen molar-refractivity contribution in [3.05, 3.63) is 66.9 Å². The van der Waals surface area contributed by atoms with Gasteiger partial charge >= 0.3 is 0 Å². The number of hydrogen-bond acceptors (Lipinski definition) is 3. The quantitative estimate of drug-likeness (QED) is 0.792. The van der Waals surface area contributed by atoms with Gasteiger partial charge in [-0.05, 0) is 24.6 Å². The van der Waals surface area contributed by atoms with Crippen molar-refractivity contribution in [3.63, 3.8) is 0 Å². The summed E-state index contributed by atoms with van der Waals surface area (Å²) in [5, 5.41) is 9.74. The first-order valence-corrected chi connectivity index (χ1v) is 8.94. The molecule has 0 amide bonds. The highest BCUT2D eigenvalue weighted by molar-refractivity contribution is 7.89. The van der Waals surface area contributed by atoms with E-state index in [9.17, 15) is 8.42 Å². The predicted octanol–water partition coefficient (Wildman–Crippen LogP) is 3.36. The number of allylic oxidation sites excluding steroid dienone is 1. The number of benzene rings is 2. The molecule has 0 saturated heterocycles. The van der Waals surface area contributed by atoms with Gasteiger partial charge in [-0.2, -0.15) is 5.10 Å². The van der Waals surface area contributed by atoms with Crippen molar-refractivity contribution in [2.75, 3.05) is 0 Å². The molecule has 1 heterocycles. The number of nitrogens with zero attached hydrogens (tertiary/aromatic N) is 2. The lowest BCUT2D eigenvalue weighted by atomic mass is 10.0. The van der Waals surface area contributed by atoms with E-state index in [-0.39, 0.29) is 4.90 Å². The largest absolute Gasteiger partial charge is 0.247 e. The van der Waals surface area contributed by atoms with Crippen molar-refractivity contribution in [2.24, 2.45) is 5.14 Å². The van der Waals surface area contributed by atoms with Gasteiger partial charge in [0.1, 0.15) is 5.69 Å². The Hall–Kier alpha value is -2.70. The Kier molecular flexibility index (Phi) is 4.33. The SMILES string of the molecule is CC=Cn1cc(-c2ccccc2)c(-c2ccc(S(N)(=O)=O)cc2)n1. The summed E-state index contributed by atoms with van der Waals surface area (Å²) in [6.45, 7) is 1.92. The third-order valence-electron chi connectivity index (χ3n) is 3.57. The molecule has 0 aliphatic carbocycles. The van der Waals surface area contributed by atoms with Crippen molar-refractivity contribution < 1.29 is 8.42 Å². The first-order valence-electron chi connectivity index (χ1n) is 7.39. The Balaban J connectivity index is 2.13. The van der Waals surface area contributed by atoms with Crippen LogP contribution in [0.4, 0.5) is 0 Å². The Labute approximate surface area is 141 Å². The second-order valence-corrected chi connectivity index (χ2v) is 6.85. The monoisotopic (exact) mass is 339 g/mol. The lowest BCUT2D eigenvalue weighted by molar-refractivity contribution is 0.598. The van der Waals surface area contributed by atoms with Crippen molar-refractivity contribution in [2.45, 2.75) is 11.8 Å². The van der Waals surface area contributed by atoms with Crippen molar-refractivity contribution in [1.29, 1.82) is 0 Å². The van der Waals surface area contributed by atoms with Crippen LogP contribution < -0.4 is 5.14 Å². The molecular weight excluding hydrogens is 322 g/mol. The van der Waals surface area contributed by atoms with Crippen LogP contribution in [0.2, 0.25) is 0 Å². The molecule has 24 heavy (non-hydrogen) atoms. The highest BCUT2D eigenvalue weighted by atomic mass is 32.2. The van der Waals surface area contributed by atoms with Crippen molar-refractivity contribution in [3.8, 4) is 22.4 Å². The minimum Gasteiger partial charge on any atom is -0.247 e. The minimum atomic E-state index is -3.70. The summed E-state index contributed by atoms with van der Waals surface area (Å²) in [5.74, 6) is 0. The Bertz CT molecular complexity index is 973. The standard InChI is InChI=1S/C18H17N3O2S/c1-2-12-21-13-17(14-6-4-3-5-7-14)18(20-21)15-8-10-16(11-9-15)24(19,22)23/h2-13H,1H3,(H2,19,22,23). The van der Waals surface area contributed by atoms with Crippen molar-refractivity contribution >= 4 is 16.2 Å². The number of primary sulfonamides is 1. The summed E-state index contributed by atoms with van der Waals surface area (Å²) in [4.78, 5) is 0.0837. The van der Waals surface area contributed by atoms with Gasteiger partial charge in [0.05, 0.1) is 4.90 Å². The van der Waals surface area contributed by atoms with Gasteiger partial charge in [-0.25, -0.2) is 18.2 Å². The fourth-order valence-electron chi connectivity index (χ4n) is 2.47. The van der Waals surface area contributed by atoms with Crippen LogP contribution in [0.1, 0.15) is 6.92 Å². The molecule has 1 aromatic heterocycles. The smallest absolute Gasteiger partial charge is 0.238 e. The van der Waals surface area contributed by atoms with Crippen LogP contribution in [-0.2, 0) is 10.0 Å². The van der Waals surface area contributed by atoms with Gasteiger partial charge < -0.3 is 0 Å². The minimum absolute atomic E-state index is 0.0837. The fraction of sp³-hybridized carbons (Fsp3) is 0.0556. The van der Waals surface area contributed by atoms with E-state index in [1.165, 1.54) is 12.1 Å². The molecule has 0 radical (unpaired) electrons. The Morgan fingerprint density at radius 1 is 1.00 bits per heavy atom. The zero-order valence-corrected chi connectivity index (χ0v) is 13.9. The average molecular weight is 339 g/mol. The lowest BCUT2D eigenvalue weighted by Crippen LogP contribution is -2.11. The van der Waals surface area contributed by atoms with E-state index in [4.69, 9.17) is 5.14 Å². The highest BCUT2D eigenvalue weighted by Crippen LogP contribution is 2.31. The molecule has 6 heteroatoms. The molecule has 0 saturated carbocycles. The van der Waals surface area contributed by atoms with Crippen LogP contribution in [0, 0.1) is 0 Å². The zero-order chi connectivity index (χ0) is 17.2. The molecule has 2 aromatic carbocycles. The second-order valence-electron chi connectivity index (χ2n) is 5.29. The summed E-state index contributed by atoms with van der Waals surface area (Å²) in [7, 11) is -3.70. The summed E-state index contributed by atoms with van der Waals surface area (Å²) in [5.41, 5.74) is 3.61. The third-order valence-corrected chi connectivity index (χ3v) is 4.50. The maximum absolute atomic E-state index is 11.4. The molecule has 0 bridgehead atoms. The third kappa shape index (κ3) is 3.29. The first-order chi connectivity index (χ1) is 11.5. The number of aromatic nitrogens is 2. The number of sulfonamides is 1. The van der Waals surface area contributed by atoms with Crippen LogP contribution in [0.3, 0.4) is 0 Å². The molecule has 3 aromatic rings. The predicted molar refractivity (Wildman–Crippen MR) is 95.5 cm³/mol. The summed E-state index contributed by atoms with van der Waals surface area (Å²) in [6.07, 6.45) is 5.70. The highest BCUT2D eigenvalue weighted by Gasteiger charge is 2.14. The molecule has 0 spiro atoms. The molecular formula is C18H17N3O2S. The van der Waals surface area contributed by atoms with Crippen molar-refractivity contribution in [1.82, 2.24) is 9.78 Å². The van der Waals surface area contributed by atoms with Gasteiger partial charge in [-0.15, -0.1) is 0 Å². The van der Waals surface area contributed by atoms with Crippen LogP contribution in [0.15, 0.2) is 71.8 Å². The van der Waals surface area contributed by atoms with E-state index in [0.717, 1.165) is 22.4 Å². The van der Waals surface area contributed by atoms with E-state index in [0.29, 0.717) is 0 Å². The molecule has 0 aliphatic heterocycles. The van der Waals surface area contributed by atoms with Gasteiger partial charge in [0.25, 0.3) is 0 Å². The van der Waals surface area contributed by atoms with Gasteiger partial charge in [0.15, 0.2) is 0 Å². The number of nitrogens with two attached hydrogens (primary N) is 1. The summed E-state index contributed by atoms with van der Waals surface area (Å²) in [6, 6.07) is 16.3. The molecule has 0 unspecified atom stereocenters. The van der Waals surface area contributed by atoms with E-state index in [1.807, 2.05) is 55.7 Å². The van der Waals surface area contributed by atoms with E-state index in [2.05, 4.69) is 5.10 Å². The van der Waals surface area contributed by atoms with Crippen LogP contribution in [0.5, 0.6) is 0 Å². The Morgan fingerprint density at radius 2 is 1.67 bits per heavy atom. The van der Waals surface area contributed by atoms with Gasteiger partial charge in [-0.3, -0.25) is 0 Å². The maximum atomic E-state index is 11.4. The zero-order valence-electron chi connectivity index (χ0n) is 13.1. The molecule has 122 valence electrons. The van der Waals surface area contributed by atoms with Crippen LogP contribution in [-0.4, -0.2) is 18.2 Å². The summed E-state index contributed by atoms with van der Waals surface area (Å²) < 4.78 is 24.6. The van der Waals surface area contributed by atoms with Crippen LogP contribution >= 0.6 is 0 Å².